The highest BCUT2D eigenvalue weighted by Crippen LogP contribution is 2.55. The van der Waals surface area contributed by atoms with Crippen LogP contribution in [0.15, 0.2) is 42.5 Å². The quantitative estimate of drug-likeness (QED) is 0.779. The third-order valence-corrected chi connectivity index (χ3v) is 5.16. The zero-order valence-electron chi connectivity index (χ0n) is 10.9. The van der Waals surface area contributed by atoms with Crippen molar-refractivity contribution >= 4 is 12.9 Å². The van der Waals surface area contributed by atoms with Crippen molar-refractivity contribution in [3.8, 4) is 16.9 Å². The topological polar surface area (TPSA) is 35.5 Å². The lowest BCUT2D eigenvalue weighted by Crippen LogP contribution is -2.19. The van der Waals surface area contributed by atoms with Gasteiger partial charge in [-0.05, 0) is 32.0 Å². The SMILES string of the molecule is CCOP1(=O)Oc2ccc(C)cc2-c2ccccc21. The first kappa shape index (κ1) is 12.5. The molecule has 0 N–H and O–H groups in total. The first-order chi connectivity index (χ1) is 9.14. The van der Waals surface area contributed by atoms with Gasteiger partial charge in [-0.15, -0.1) is 0 Å². The van der Waals surface area contributed by atoms with Gasteiger partial charge in [0, 0.05) is 11.1 Å². The summed E-state index contributed by atoms with van der Waals surface area (Å²) in [6, 6.07) is 13.4. The van der Waals surface area contributed by atoms with Crippen LogP contribution in [0.3, 0.4) is 0 Å². The lowest BCUT2D eigenvalue weighted by Gasteiger charge is -2.27. The molecular formula is C15H15O3P. The molecule has 0 saturated carbocycles. The second-order valence-corrected chi connectivity index (χ2v) is 6.44. The molecule has 0 bridgehead atoms. The minimum atomic E-state index is -3.25. The fraction of sp³-hybridized carbons (Fsp3) is 0.200. The van der Waals surface area contributed by atoms with Crippen LogP contribution in [0.25, 0.3) is 11.1 Å². The molecule has 19 heavy (non-hydrogen) atoms. The zero-order chi connectivity index (χ0) is 13.5. The van der Waals surface area contributed by atoms with Crippen LogP contribution in [0.1, 0.15) is 12.5 Å². The van der Waals surface area contributed by atoms with Crippen molar-refractivity contribution in [3.05, 3.63) is 48.0 Å². The minimum absolute atomic E-state index is 0.354. The third-order valence-electron chi connectivity index (χ3n) is 3.14. The van der Waals surface area contributed by atoms with Crippen molar-refractivity contribution in [2.24, 2.45) is 0 Å². The maximum Gasteiger partial charge on any atom is 0.411 e. The molecule has 1 atom stereocenters. The van der Waals surface area contributed by atoms with E-state index < -0.39 is 7.60 Å². The summed E-state index contributed by atoms with van der Waals surface area (Å²) in [5.41, 5.74) is 3.05. The van der Waals surface area contributed by atoms with Crippen LogP contribution in [0.2, 0.25) is 0 Å². The van der Waals surface area contributed by atoms with E-state index >= 15 is 0 Å². The van der Waals surface area contributed by atoms with E-state index in [0.29, 0.717) is 17.7 Å². The number of benzene rings is 2. The normalized spacial score (nSPS) is 20.3. The summed E-state index contributed by atoms with van der Waals surface area (Å²) >= 11 is 0. The summed E-state index contributed by atoms with van der Waals surface area (Å²) in [7, 11) is -3.25. The fourth-order valence-corrected chi connectivity index (χ4v) is 4.13. The van der Waals surface area contributed by atoms with Crippen molar-refractivity contribution in [2.75, 3.05) is 6.61 Å². The van der Waals surface area contributed by atoms with Crippen LogP contribution >= 0.6 is 7.60 Å². The smallest absolute Gasteiger partial charge is 0.411 e. The van der Waals surface area contributed by atoms with Crippen molar-refractivity contribution in [1.29, 1.82) is 0 Å². The van der Waals surface area contributed by atoms with E-state index in [1.54, 1.807) is 0 Å². The fourth-order valence-electron chi connectivity index (χ4n) is 2.32. The molecule has 0 spiro atoms. The van der Waals surface area contributed by atoms with Gasteiger partial charge in [0.15, 0.2) is 0 Å². The molecule has 3 nitrogen and oxygen atoms in total. The van der Waals surface area contributed by atoms with Crippen molar-refractivity contribution < 1.29 is 13.6 Å². The Hall–Kier alpha value is -1.57. The van der Waals surface area contributed by atoms with Gasteiger partial charge in [0.2, 0.25) is 0 Å². The molecule has 0 aromatic heterocycles. The van der Waals surface area contributed by atoms with Gasteiger partial charge in [-0.3, -0.25) is 4.52 Å². The number of rotatable bonds is 2. The molecule has 1 aliphatic rings. The predicted octanol–water partition coefficient (Wildman–Crippen LogP) is 3.91. The summed E-state index contributed by atoms with van der Waals surface area (Å²) in [5.74, 6) is 0.626. The lowest BCUT2D eigenvalue weighted by molar-refractivity contribution is 0.288. The van der Waals surface area contributed by atoms with Gasteiger partial charge in [-0.1, -0.05) is 29.8 Å². The van der Waals surface area contributed by atoms with Crippen LogP contribution in [0.4, 0.5) is 0 Å². The first-order valence-electron chi connectivity index (χ1n) is 6.29. The number of hydrogen-bond acceptors (Lipinski definition) is 3. The number of hydrogen-bond donors (Lipinski definition) is 0. The molecule has 2 aromatic carbocycles. The largest absolute Gasteiger partial charge is 0.421 e. The maximum atomic E-state index is 12.9. The molecule has 1 aliphatic heterocycles. The van der Waals surface area contributed by atoms with Crippen molar-refractivity contribution in [2.45, 2.75) is 13.8 Å². The number of aryl methyl sites for hydroxylation is 1. The highest BCUT2D eigenvalue weighted by atomic mass is 31.2. The molecule has 1 heterocycles. The molecule has 0 radical (unpaired) electrons. The van der Waals surface area contributed by atoms with Crippen LogP contribution in [0.5, 0.6) is 5.75 Å². The van der Waals surface area contributed by atoms with E-state index in [1.807, 2.05) is 56.3 Å². The summed E-state index contributed by atoms with van der Waals surface area (Å²) in [6.07, 6.45) is 0. The Morgan fingerprint density at radius 1 is 1.16 bits per heavy atom. The average Bonchev–Trinajstić information content (AvgIpc) is 2.41. The Labute approximate surface area is 112 Å². The molecule has 2 aromatic rings. The molecule has 0 fully saturated rings. The van der Waals surface area contributed by atoms with E-state index in [9.17, 15) is 4.57 Å². The van der Waals surface area contributed by atoms with E-state index in [1.165, 1.54) is 0 Å². The Balaban J connectivity index is 2.27. The Kier molecular flexibility index (Phi) is 2.96. The van der Waals surface area contributed by atoms with E-state index in [0.717, 1.165) is 16.7 Å². The Morgan fingerprint density at radius 3 is 2.74 bits per heavy atom. The van der Waals surface area contributed by atoms with Gasteiger partial charge >= 0.3 is 7.60 Å². The van der Waals surface area contributed by atoms with Gasteiger partial charge in [0.1, 0.15) is 5.75 Å². The van der Waals surface area contributed by atoms with Crippen LogP contribution < -0.4 is 9.83 Å². The summed E-state index contributed by atoms with van der Waals surface area (Å²) in [4.78, 5) is 0. The second kappa shape index (κ2) is 4.52. The van der Waals surface area contributed by atoms with E-state index in [-0.39, 0.29) is 0 Å². The van der Waals surface area contributed by atoms with Crippen molar-refractivity contribution in [1.82, 2.24) is 0 Å². The maximum absolute atomic E-state index is 12.9. The van der Waals surface area contributed by atoms with Gasteiger partial charge in [-0.25, -0.2) is 4.57 Å². The minimum Gasteiger partial charge on any atom is -0.421 e. The van der Waals surface area contributed by atoms with E-state index in [4.69, 9.17) is 9.05 Å². The third kappa shape index (κ3) is 1.99. The summed E-state index contributed by atoms with van der Waals surface area (Å²) in [5, 5.41) is 0.648. The highest BCUT2D eigenvalue weighted by Gasteiger charge is 2.36. The predicted molar refractivity (Wildman–Crippen MR) is 76.1 cm³/mol. The van der Waals surface area contributed by atoms with Gasteiger partial charge in [0.25, 0.3) is 0 Å². The van der Waals surface area contributed by atoms with Gasteiger partial charge in [0.05, 0.1) is 11.9 Å². The summed E-state index contributed by atoms with van der Waals surface area (Å²) < 4.78 is 24.0. The Bertz CT molecular complexity index is 679. The molecule has 98 valence electrons. The van der Waals surface area contributed by atoms with Gasteiger partial charge < -0.3 is 4.52 Å². The number of fused-ring (bicyclic) bond motifs is 3. The highest BCUT2D eigenvalue weighted by molar-refractivity contribution is 7.63. The molecule has 0 aliphatic carbocycles. The molecule has 0 saturated heterocycles. The van der Waals surface area contributed by atoms with Crippen LogP contribution in [-0.4, -0.2) is 6.61 Å². The molecule has 0 amide bonds. The summed E-state index contributed by atoms with van der Waals surface area (Å²) in [6.45, 7) is 4.20. The lowest BCUT2D eigenvalue weighted by atomic mass is 10.0. The van der Waals surface area contributed by atoms with Crippen LogP contribution in [-0.2, 0) is 9.09 Å². The molecular weight excluding hydrogens is 259 g/mol. The second-order valence-electron chi connectivity index (χ2n) is 4.52. The standard InChI is InChI=1S/C15H15O3P/c1-3-17-19(16)15-7-5-4-6-12(15)13-10-11(2)8-9-14(13)18-19/h4-10H,3H2,1-2H3. The van der Waals surface area contributed by atoms with Crippen LogP contribution in [0, 0.1) is 6.92 Å². The van der Waals surface area contributed by atoms with Gasteiger partial charge in [-0.2, -0.15) is 0 Å². The average molecular weight is 274 g/mol. The van der Waals surface area contributed by atoms with E-state index in [2.05, 4.69) is 0 Å². The molecule has 3 rings (SSSR count). The molecule has 1 unspecified atom stereocenters. The zero-order valence-corrected chi connectivity index (χ0v) is 11.8. The van der Waals surface area contributed by atoms with Crippen molar-refractivity contribution in [3.63, 3.8) is 0 Å². The molecule has 4 heteroatoms. The Morgan fingerprint density at radius 2 is 1.95 bits per heavy atom. The monoisotopic (exact) mass is 274 g/mol. The first-order valence-corrected chi connectivity index (χ1v) is 7.83.